The van der Waals surface area contributed by atoms with Gasteiger partial charge in [0.2, 0.25) is 15.9 Å². The van der Waals surface area contributed by atoms with E-state index in [-0.39, 0.29) is 16.8 Å². The number of nitrogens with zero attached hydrogens (tertiary/aromatic N) is 2. The number of carbonyl (C=O) groups excluding carboxylic acids is 1. The molecule has 3 rings (SSSR count). The van der Waals surface area contributed by atoms with Crippen molar-refractivity contribution in [3.63, 3.8) is 0 Å². The Morgan fingerprint density at radius 2 is 1.52 bits per heavy atom. The number of hydrogen-bond donors (Lipinski definition) is 1. The minimum atomic E-state index is -3.40. The van der Waals surface area contributed by atoms with Gasteiger partial charge >= 0.3 is 0 Å². The van der Waals surface area contributed by atoms with Gasteiger partial charge in [0.25, 0.3) is 0 Å². The highest BCUT2D eigenvalue weighted by Crippen LogP contribution is 2.22. The maximum Gasteiger partial charge on any atom is 0.243 e. The van der Waals surface area contributed by atoms with E-state index in [1.165, 1.54) is 10.7 Å². The van der Waals surface area contributed by atoms with Crippen LogP contribution in [-0.4, -0.2) is 55.8 Å². The first-order valence-corrected chi connectivity index (χ1v) is 10.6. The van der Waals surface area contributed by atoms with Crippen molar-refractivity contribution >= 4 is 21.6 Å². The van der Waals surface area contributed by atoms with E-state index in [1.807, 2.05) is 6.92 Å². The van der Waals surface area contributed by atoms with E-state index in [4.69, 9.17) is 0 Å². The van der Waals surface area contributed by atoms with Crippen molar-refractivity contribution in [3.05, 3.63) is 24.3 Å². The van der Waals surface area contributed by atoms with Crippen LogP contribution in [-0.2, 0) is 14.8 Å². The van der Waals surface area contributed by atoms with E-state index >= 15 is 0 Å². The Hall–Kier alpha value is -1.44. The second-order valence-corrected chi connectivity index (χ2v) is 8.84. The molecule has 2 heterocycles. The molecule has 1 aromatic carbocycles. The number of nitrogens with one attached hydrogen (secondary N) is 1. The van der Waals surface area contributed by atoms with Crippen LogP contribution in [0.4, 0.5) is 5.69 Å². The number of anilines is 1. The van der Waals surface area contributed by atoms with E-state index < -0.39 is 10.0 Å². The highest BCUT2D eigenvalue weighted by Gasteiger charge is 2.27. The fraction of sp³-hybridized carbons (Fsp3) is 0.611. The van der Waals surface area contributed by atoms with Crippen LogP contribution in [0.15, 0.2) is 29.2 Å². The van der Waals surface area contributed by atoms with E-state index in [0.29, 0.717) is 18.8 Å². The number of rotatable bonds is 5. The van der Waals surface area contributed by atoms with Crippen LogP contribution in [0.25, 0.3) is 0 Å². The van der Waals surface area contributed by atoms with Gasteiger partial charge in [-0.2, -0.15) is 4.31 Å². The first kappa shape index (κ1) is 18.4. The van der Waals surface area contributed by atoms with Crippen molar-refractivity contribution in [2.75, 3.05) is 31.5 Å². The monoisotopic (exact) mass is 365 g/mol. The summed E-state index contributed by atoms with van der Waals surface area (Å²) in [5.41, 5.74) is 0.634. The maximum atomic E-state index is 12.5. The second kappa shape index (κ2) is 7.85. The van der Waals surface area contributed by atoms with E-state index in [2.05, 4.69) is 10.2 Å². The molecule has 1 aromatic rings. The summed E-state index contributed by atoms with van der Waals surface area (Å²) in [6.45, 7) is 5.03. The van der Waals surface area contributed by atoms with Crippen molar-refractivity contribution in [2.45, 2.75) is 50.0 Å². The van der Waals surface area contributed by atoms with Crippen LogP contribution in [0.1, 0.15) is 39.0 Å². The van der Waals surface area contributed by atoms with Crippen molar-refractivity contribution in [3.8, 4) is 0 Å². The summed E-state index contributed by atoms with van der Waals surface area (Å²) < 4.78 is 26.6. The van der Waals surface area contributed by atoms with Gasteiger partial charge in [-0.3, -0.25) is 9.69 Å². The molecule has 0 aliphatic carbocycles. The lowest BCUT2D eigenvalue weighted by atomic mass is 10.1. The summed E-state index contributed by atoms with van der Waals surface area (Å²) >= 11 is 0. The smallest absolute Gasteiger partial charge is 0.243 e. The van der Waals surface area contributed by atoms with Crippen molar-refractivity contribution in [1.82, 2.24) is 9.21 Å². The highest BCUT2D eigenvalue weighted by molar-refractivity contribution is 7.89. The predicted octanol–water partition coefficient (Wildman–Crippen LogP) is 2.28. The molecule has 0 spiro atoms. The largest absolute Gasteiger partial charge is 0.325 e. The Labute approximate surface area is 150 Å². The zero-order chi connectivity index (χ0) is 17.9. The van der Waals surface area contributed by atoms with Crippen LogP contribution >= 0.6 is 0 Å². The van der Waals surface area contributed by atoms with Crippen LogP contribution in [0.3, 0.4) is 0 Å². The van der Waals surface area contributed by atoms with Gasteiger partial charge in [-0.05, 0) is 70.0 Å². The van der Waals surface area contributed by atoms with Gasteiger partial charge in [-0.1, -0.05) is 6.42 Å². The number of likely N-dealkylation sites (tertiary alicyclic amines) is 1. The Balaban J connectivity index is 1.63. The van der Waals surface area contributed by atoms with Crippen molar-refractivity contribution in [1.29, 1.82) is 0 Å². The third-order valence-electron chi connectivity index (χ3n) is 5.14. The van der Waals surface area contributed by atoms with Gasteiger partial charge in [-0.15, -0.1) is 0 Å². The van der Waals surface area contributed by atoms with Crippen molar-refractivity contribution in [2.24, 2.45) is 0 Å². The Morgan fingerprint density at radius 3 is 2.12 bits per heavy atom. The first-order chi connectivity index (χ1) is 12.0. The molecule has 1 N–H and O–H groups in total. The van der Waals surface area contributed by atoms with Gasteiger partial charge in [0, 0.05) is 18.8 Å². The SMILES string of the molecule is C[C@H](C(=O)Nc1ccc(S(=O)(=O)N2CCCC2)cc1)N1CCCCC1. The van der Waals surface area contributed by atoms with Crippen molar-refractivity contribution < 1.29 is 13.2 Å². The Morgan fingerprint density at radius 1 is 0.960 bits per heavy atom. The van der Waals surface area contributed by atoms with Gasteiger partial charge in [0.1, 0.15) is 0 Å². The molecule has 0 bridgehead atoms. The standard InChI is InChI=1S/C18H27N3O3S/c1-15(20-11-3-2-4-12-20)18(22)19-16-7-9-17(10-8-16)25(23,24)21-13-5-6-14-21/h7-10,15H,2-6,11-14H2,1H3,(H,19,22)/t15-/m1/s1. The number of sulfonamides is 1. The molecule has 6 nitrogen and oxygen atoms in total. The molecule has 138 valence electrons. The minimum Gasteiger partial charge on any atom is -0.325 e. The zero-order valence-electron chi connectivity index (χ0n) is 14.8. The summed E-state index contributed by atoms with van der Waals surface area (Å²) in [5.74, 6) is -0.0444. The fourth-order valence-electron chi connectivity index (χ4n) is 3.51. The molecular weight excluding hydrogens is 338 g/mol. The van der Waals surface area contributed by atoms with Crippen LogP contribution in [0.5, 0.6) is 0 Å². The average Bonchev–Trinajstić information content (AvgIpc) is 3.18. The molecule has 1 atom stereocenters. The second-order valence-electron chi connectivity index (χ2n) is 6.90. The number of piperidine rings is 1. The molecule has 2 aliphatic heterocycles. The van der Waals surface area contributed by atoms with Crippen LogP contribution in [0.2, 0.25) is 0 Å². The van der Waals surface area contributed by atoms with E-state index in [0.717, 1.165) is 38.8 Å². The molecule has 0 radical (unpaired) electrons. The molecule has 0 unspecified atom stereocenters. The molecular formula is C18H27N3O3S. The molecule has 7 heteroatoms. The quantitative estimate of drug-likeness (QED) is 0.869. The van der Waals surface area contributed by atoms with Gasteiger partial charge < -0.3 is 5.32 Å². The summed E-state index contributed by atoms with van der Waals surface area (Å²) in [6.07, 6.45) is 5.35. The molecule has 25 heavy (non-hydrogen) atoms. The van der Waals surface area contributed by atoms with Gasteiger partial charge in [0.05, 0.1) is 10.9 Å². The number of benzene rings is 1. The molecule has 1 amide bonds. The zero-order valence-corrected chi connectivity index (χ0v) is 15.6. The minimum absolute atomic E-state index is 0.0444. The number of carbonyl (C=O) groups is 1. The van der Waals surface area contributed by atoms with Crippen LogP contribution in [0, 0.1) is 0 Å². The third-order valence-corrected chi connectivity index (χ3v) is 7.06. The fourth-order valence-corrected chi connectivity index (χ4v) is 5.02. The maximum absolute atomic E-state index is 12.5. The summed E-state index contributed by atoms with van der Waals surface area (Å²) in [6, 6.07) is 6.32. The van der Waals surface area contributed by atoms with E-state index in [1.54, 1.807) is 24.3 Å². The Kier molecular flexibility index (Phi) is 5.76. The number of amides is 1. The first-order valence-electron chi connectivity index (χ1n) is 9.13. The lowest BCUT2D eigenvalue weighted by molar-refractivity contribution is -0.121. The van der Waals surface area contributed by atoms with Crippen LogP contribution < -0.4 is 5.32 Å². The van der Waals surface area contributed by atoms with Gasteiger partial charge in [0.15, 0.2) is 0 Å². The molecule has 0 aromatic heterocycles. The highest BCUT2D eigenvalue weighted by atomic mass is 32.2. The summed E-state index contributed by atoms with van der Waals surface area (Å²) in [7, 11) is -3.40. The van der Waals surface area contributed by atoms with Gasteiger partial charge in [-0.25, -0.2) is 8.42 Å². The summed E-state index contributed by atoms with van der Waals surface area (Å²) in [4.78, 5) is 14.9. The molecule has 2 aliphatic rings. The summed E-state index contributed by atoms with van der Waals surface area (Å²) in [5, 5.41) is 2.90. The third kappa shape index (κ3) is 4.22. The number of hydrogen-bond acceptors (Lipinski definition) is 4. The average molecular weight is 365 g/mol. The Bertz CT molecular complexity index is 691. The lowest BCUT2D eigenvalue weighted by Crippen LogP contribution is -2.44. The predicted molar refractivity (Wildman–Crippen MR) is 98.0 cm³/mol. The lowest BCUT2D eigenvalue weighted by Gasteiger charge is -2.31. The normalized spacial score (nSPS) is 21.2. The molecule has 2 fully saturated rings. The topological polar surface area (TPSA) is 69.7 Å². The molecule has 2 saturated heterocycles. The van der Waals surface area contributed by atoms with E-state index in [9.17, 15) is 13.2 Å². The molecule has 0 saturated carbocycles.